The van der Waals surface area contributed by atoms with Gasteiger partial charge in [-0.2, -0.15) is 0 Å². The molecular weight excluding hydrogens is 403 g/mol. The number of carbonyl (C=O) groups is 2. The van der Waals surface area contributed by atoms with Crippen LogP contribution in [0.2, 0.25) is 5.02 Å². The molecule has 26 heavy (non-hydrogen) atoms. The Hall–Kier alpha value is -1.25. The summed E-state index contributed by atoms with van der Waals surface area (Å²) in [5.74, 6) is 0.397. The zero-order valence-corrected chi connectivity index (χ0v) is 17.0. The summed E-state index contributed by atoms with van der Waals surface area (Å²) < 4.78 is 5.37. The van der Waals surface area contributed by atoms with Crippen LogP contribution in [0.25, 0.3) is 0 Å². The molecule has 0 saturated carbocycles. The Kier molecular flexibility index (Phi) is 11.6. The number of hydrogen-bond donors (Lipinski definition) is 2. The first-order chi connectivity index (χ1) is 11.5. The van der Waals surface area contributed by atoms with E-state index >= 15 is 0 Å². The lowest BCUT2D eigenvalue weighted by Gasteiger charge is -2.35. The first kappa shape index (κ1) is 24.8. The van der Waals surface area contributed by atoms with Crippen molar-refractivity contribution in [3.8, 4) is 5.75 Å². The molecular formula is C16H25Cl3N4O3. The van der Waals surface area contributed by atoms with E-state index in [0.29, 0.717) is 18.1 Å². The number of nitrogens with one attached hydrogen (secondary N) is 1. The van der Waals surface area contributed by atoms with Gasteiger partial charge in [0.1, 0.15) is 5.75 Å². The number of piperazine rings is 1. The highest BCUT2D eigenvalue weighted by Gasteiger charge is 2.22. The van der Waals surface area contributed by atoms with Gasteiger partial charge in [0, 0.05) is 43.3 Å². The first-order valence-electron chi connectivity index (χ1n) is 7.82. The Balaban J connectivity index is 0.00000312. The topological polar surface area (TPSA) is 87.9 Å². The molecule has 1 fully saturated rings. The van der Waals surface area contributed by atoms with Gasteiger partial charge in [-0.05, 0) is 18.2 Å². The van der Waals surface area contributed by atoms with Crippen LogP contribution in [-0.2, 0) is 16.1 Å². The summed E-state index contributed by atoms with van der Waals surface area (Å²) in [6, 6.07) is 5.56. The maximum Gasteiger partial charge on any atom is 0.242 e. The van der Waals surface area contributed by atoms with E-state index in [1.54, 1.807) is 18.1 Å². The standard InChI is InChI=1S/C16H23ClN4O3.2ClH/c1-24-14-3-2-13(17)8-12(14)11-20-4-6-21(7-5-20)16(23)10-19-15(22)9-18;;/h2-3,8H,4-7,9-11,18H2,1H3,(H,19,22);2*1H. The van der Waals surface area contributed by atoms with Gasteiger partial charge in [0.25, 0.3) is 0 Å². The van der Waals surface area contributed by atoms with Gasteiger partial charge in [-0.3, -0.25) is 14.5 Å². The van der Waals surface area contributed by atoms with Crippen molar-refractivity contribution in [3.05, 3.63) is 28.8 Å². The number of methoxy groups -OCH3 is 1. The van der Waals surface area contributed by atoms with Crippen LogP contribution in [0, 0.1) is 0 Å². The van der Waals surface area contributed by atoms with Gasteiger partial charge >= 0.3 is 0 Å². The summed E-state index contributed by atoms with van der Waals surface area (Å²) in [6.45, 7) is 3.37. The third kappa shape index (κ3) is 7.17. The van der Waals surface area contributed by atoms with Crippen LogP contribution in [0.5, 0.6) is 5.75 Å². The van der Waals surface area contributed by atoms with Crippen LogP contribution >= 0.6 is 36.4 Å². The second-order valence-corrected chi connectivity index (χ2v) is 6.03. The quantitative estimate of drug-likeness (QED) is 0.704. The van der Waals surface area contributed by atoms with Gasteiger partial charge in [-0.1, -0.05) is 11.6 Å². The van der Waals surface area contributed by atoms with Gasteiger partial charge in [-0.15, -0.1) is 24.8 Å². The number of amides is 2. The van der Waals surface area contributed by atoms with Crippen molar-refractivity contribution in [2.24, 2.45) is 5.73 Å². The smallest absolute Gasteiger partial charge is 0.242 e. The molecule has 0 radical (unpaired) electrons. The summed E-state index contributed by atoms with van der Waals surface area (Å²) >= 11 is 6.06. The molecule has 1 aliphatic rings. The fourth-order valence-electron chi connectivity index (χ4n) is 2.63. The maximum absolute atomic E-state index is 12.0. The van der Waals surface area contributed by atoms with Gasteiger partial charge in [0.05, 0.1) is 20.2 Å². The lowest BCUT2D eigenvalue weighted by Crippen LogP contribution is -2.51. The van der Waals surface area contributed by atoms with E-state index in [1.807, 2.05) is 12.1 Å². The number of nitrogens with two attached hydrogens (primary N) is 1. The number of ether oxygens (including phenoxy) is 1. The second kappa shape index (κ2) is 12.2. The average molecular weight is 428 g/mol. The molecule has 10 heteroatoms. The van der Waals surface area contributed by atoms with Crippen LogP contribution in [0.1, 0.15) is 5.56 Å². The number of rotatable bonds is 6. The van der Waals surface area contributed by atoms with E-state index < -0.39 is 0 Å². The predicted molar refractivity (Wildman–Crippen MR) is 106 cm³/mol. The van der Waals surface area contributed by atoms with Crippen LogP contribution in [0.4, 0.5) is 0 Å². The zero-order valence-electron chi connectivity index (χ0n) is 14.6. The van der Waals surface area contributed by atoms with Crippen LogP contribution in [-0.4, -0.2) is 68.0 Å². The Bertz CT molecular complexity index is 596. The summed E-state index contributed by atoms with van der Waals surface area (Å²) in [6.07, 6.45) is 0. The van der Waals surface area contributed by atoms with Crippen LogP contribution in [0.3, 0.4) is 0 Å². The molecule has 1 heterocycles. The molecule has 0 spiro atoms. The van der Waals surface area contributed by atoms with Crippen molar-refractivity contribution in [2.45, 2.75) is 6.54 Å². The lowest BCUT2D eigenvalue weighted by molar-refractivity contribution is -0.134. The van der Waals surface area contributed by atoms with E-state index in [9.17, 15) is 9.59 Å². The summed E-state index contributed by atoms with van der Waals surface area (Å²) in [7, 11) is 1.64. The second-order valence-electron chi connectivity index (χ2n) is 5.59. The normalized spacial score (nSPS) is 14.0. The van der Waals surface area contributed by atoms with Crippen molar-refractivity contribution >= 4 is 48.2 Å². The molecule has 2 amide bonds. The van der Waals surface area contributed by atoms with E-state index in [-0.39, 0.29) is 49.7 Å². The third-order valence-corrected chi connectivity index (χ3v) is 4.22. The maximum atomic E-state index is 12.0. The minimum atomic E-state index is -0.324. The molecule has 1 aromatic rings. The number of benzene rings is 1. The summed E-state index contributed by atoms with van der Waals surface area (Å²) in [5.41, 5.74) is 6.23. The van der Waals surface area contributed by atoms with Crippen molar-refractivity contribution < 1.29 is 14.3 Å². The number of carbonyl (C=O) groups excluding carboxylic acids is 2. The van der Waals surface area contributed by atoms with Crippen molar-refractivity contribution in [2.75, 3.05) is 46.4 Å². The van der Waals surface area contributed by atoms with E-state index in [2.05, 4.69) is 10.2 Å². The Morgan fingerprint density at radius 1 is 1.23 bits per heavy atom. The number of nitrogens with zero attached hydrogens (tertiary/aromatic N) is 2. The predicted octanol–water partition coefficient (Wildman–Crippen LogP) is 0.911. The Morgan fingerprint density at radius 3 is 2.46 bits per heavy atom. The van der Waals surface area contributed by atoms with Gasteiger partial charge in [-0.25, -0.2) is 0 Å². The molecule has 0 aliphatic carbocycles. The van der Waals surface area contributed by atoms with E-state index in [1.165, 1.54) is 0 Å². The van der Waals surface area contributed by atoms with Crippen molar-refractivity contribution in [3.63, 3.8) is 0 Å². The third-order valence-electron chi connectivity index (χ3n) is 3.98. The largest absolute Gasteiger partial charge is 0.496 e. The van der Waals surface area contributed by atoms with Gasteiger partial charge in [0.2, 0.25) is 11.8 Å². The lowest BCUT2D eigenvalue weighted by atomic mass is 10.1. The monoisotopic (exact) mass is 426 g/mol. The summed E-state index contributed by atoms with van der Waals surface area (Å²) in [5, 5.41) is 3.18. The molecule has 0 aromatic heterocycles. The Morgan fingerprint density at radius 2 is 1.88 bits per heavy atom. The minimum Gasteiger partial charge on any atom is -0.496 e. The zero-order chi connectivity index (χ0) is 17.5. The molecule has 1 saturated heterocycles. The molecule has 0 unspecified atom stereocenters. The molecule has 7 nitrogen and oxygen atoms in total. The fraction of sp³-hybridized carbons (Fsp3) is 0.500. The molecule has 3 N–H and O–H groups in total. The molecule has 148 valence electrons. The fourth-order valence-corrected chi connectivity index (χ4v) is 2.82. The highest BCUT2D eigenvalue weighted by molar-refractivity contribution is 6.30. The molecule has 0 bridgehead atoms. The average Bonchev–Trinajstić information content (AvgIpc) is 2.60. The SMILES string of the molecule is COc1ccc(Cl)cc1CN1CCN(C(=O)CNC(=O)CN)CC1.Cl.Cl. The molecule has 1 aliphatic heterocycles. The summed E-state index contributed by atoms with van der Waals surface area (Å²) in [4.78, 5) is 27.1. The van der Waals surface area contributed by atoms with Crippen molar-refractivity contribution in [1.82, 2.24) is 15.1 Å². The first-order valence-corrected chi connectivity index (χ1v) is 8.20. The molecule has 1 aromatic carbocycles. The number of halogens is 3. The highest BCUT2D eigenvalue weighted by atomic mass is 35.5. The van der Waals surface area contributed by atoms with E-state index in [0.717, 1.165) is 30.9 Å². The van der Waals surface area contributed by atoms with Crippen LogP contribution in [0.15, 0.2) is 18.2 Å². The molecule has 2 rings (SSSR count). The number of hydrogen-bond acceptors (Lipinski definition) is 5. The minimum absolute atomic E-state index is 0. The highest BCUT2D eigenvalue weighted by Crippen LogP contribution is 2.24. The Labute approximate surface area is 171 Å². The molecule has 0 atom stereocenters. The van der Waals surface area contributed by atoms with E-state index in [4.69, 9.17) is 22.1 Å². The van der Waals surface area contributed by atoms with Gasteiger partial charge < -0.3 is 20.7 Å². The van der Waals surface area contributed by atoms with Crippen molar-refractivity contribution in [1.29, 1.82) is 0 Å². The van der Waals surface area contributed by atoms with Crippen LogP contribution < -0.4 is 15.8 Å². The van der Waals surface area contributed by atoms with Gasteiger partial charge in [0.15, 0.2) is 0 Å².